The zero-order valence-corrected chi connectivity index (χ0v) is 19.9. The van der Waals surface area contributed by atoms with Gasteiger partial charge in [0.2, 0.25) is 0 Å². The number of H-pyrrole nitrogens is 1. The summed E-state index contributed by atoms with van der Waals surface area (Å²) in [6, 6.07) is 27.6. The fourth-order valence-corrected chi connectivity index (χ4v) is 8.73. The van der Waals surface area contributed by atoms with E-state index in [1.807, 2.05) is 6.07 Å². The third kappa shape index (κ3) is 2.75. The number of rotatable bonds is 3. The summed E-state index contributed by atoms with van der Waals surface area (Å²) >= 11 is 0. The molecule has 4 bridgehead atoms. The van der Waals surface area contributed by atoms with Gasteiger partial charge in [0, 0.05) is 27.6 Å². The number of hydrogen-bond acceptors (Lipinski definition) is 1. The smallest absolute Gasteiger partial charge is 0.255 e. The molecule has 1 N–H and O–H groups in total. The molecule has 4 aromatic rings. The molecule has 0 radical (unpaired) electrons. The van der Waals surface area contributed by atoms with E-state index in [9.17, 15) is 4.79 Å². The summed E-state index contributed by atoms with van der Waals surface area (Å²) in [5.74, 6) is 2.61. The standard InChI is InChI=1S/C32H30N2O/c35-31-25-11-5-4-10-24(25)30(34(31)32-17-20-14-21(18-32)16-22(15-20)19-32)28-26-12-6-7-13-27(26)33-29(28)23-8-2-1-3-9-23/h1-13,20-22,30,33H,14-19H2/t20?,21?,22?,30-,32?/m1/s1. The van der Waals surface area contributed by atoms with Crippen LogP contribution in [-0.2, 0) is 0 Å². The second kappa shape index (κ2) is 7.10. The van der Waals surface area contributed by atoms with Crippen molar-refractivity contribution in [1.82, 2.24) is 9.88 Å². The van der Waals surface area contributed by atoms with Crippen molar-refractivity contribution in [3.8, 4) is 11.3 Å². The van der Waals surface area contributed by atoms with E-state index in [1.54, 1.807) is 0 Å². The lowest BCUT2D eigenvalue weighted by Crippen LogP contribution is -2.61. The van der Waals surface area contributed by atoms with Crippen molar-refractivity contribution < 1.29 is 4.79 Å². The summed E-state index contributed by atoms with van der Waals surface area (Å²) < 4.78 is 0. The van der Waals surface area contributed by atoms with Crippen LogP contribution in [0.15, 0.2) is 78.9 Å². The van der Waals surface area contributed by atoms with Crippen LogP contribution in [0.4, 0.5) is 0 Å². The maximum Gasteiger partial charge on any atom is 0.255 e. The molecule has 174 valence electrons. The van der Waals surface area contributed by atoms with Crippen LogP contribution >= 0.6 is 0 Å². The zero-order chi connectivity index (χ0) is 23.1. The molecule has 3 nitrogen and oxygen atoms in total. The lowest BCUT2D eigenvalue weighted by Gasteiger charge is -2.61. The second-order valence-electron chi connectivity index (χ2n) is 11.6. The van der Waals surface area contributed by atoms with Crippen LogP contribution in [-0.4, -0.2) is 21.3 Å². The molecule has 35 heavy (non-hydrogen) atoms. The van der Waals surface area contributed by atoms with Crippen LogP contribution in [0.25, 0.3) is 22.2 Å². The molecule has 0 spiro atoms. The van der Waals surface area contributed by atoms with Crippen LogP contribution in [0.1, 0.15) is 66.1 Å². The lowest BCUT2D eigenvalue weighted by molar-refractivity contribution is -0.0805. The van der Waals surface area contributed by atoms with Crippen molar-refractivity contribution in [2.45, 2.75) is 50.1 Å². The molecule has 1 aliphatic heterocycles. The Morgan fingerprint density at radius 2 is 1.37 bits per heavy atom. The van der Waals surface area contributed by atoms with E-state index in [1.165, 1.54) is 60.6 Å². The Labute approximate surface area is 206 Å². The Balaban J connectivity index is 1.40. The van der Waals surface area contributed by atoms with Crippen molar-refractivity contribution in [2.24, 2.45) is 17.8 Å². The van der Waals surface area contributed by atoms with Gasteiger partial charge in [-0.3, -0.25) is 4.79 Å². The van der Waals surface area contributed by atoms with Gasteiger partial charge >= 0.3 is 0 Å². The third-order valence-corrected chi connectivity index (χ3v) is 9.56. The van der Waals surface area contributed by atoms with Gasteiger partial charge in [-0.15, -0.1) is 0 Å². The molecule has 0 saturated heterocycles. The third-order valence-electron chi connectivity index (χ3n) is 9.56. The maximum absolute atomic E-state index is 14.3. The van der Waals surface area contributed by atoms with Crippen molar-refractivity contribution in [2.75, 3.05) is 0 Å². The minimum atomic E-state index is -0.0543. The SMILES string of the molecule is O=C1c2ccccc2[C@H](c2c(-c3ccccc3)[nH]c3ccccc23)N1C12CC3CC(CC(C3)C1)C2. The summed E-state index contributed by atoms with van der Waals surface area (Å²) in [5, 5.41) is 1.23. The number of aromatic nitrogens is 1. The average Bonchev–Trinajstić information content (AvgIpc) is 3.39. The first-order valence-electron chi connectivity index (χ1n) is 13.3. The number of carbonyl (C=O) groups is 1. The summed E-state index contributed by atoms with van der Waals surface area (Å²) in [7, 11) is 0. The first kappa shape index (κ1) is 19.9. The van der Waals surface area contributed by atoms with Crippen LogP contribution in [0.3, 0.4) is 0 Å². The summed E-state index contributed by atoms with van der Waals surface area (Å²) in [4.78, 5) is 20.5. The number of aromatic amines is 1. The van der Waals surface area contributed by atoms with Crippen molar-refractivity contribution in [1.29, 1.82) is 0 Å². The molecule has 4 aliphatic carbocycles. The molecule has 2 heterocycles. The number of fused-ring (bicyclic) bond motifs is 2. The number of nitrogens with one attached hydrogen (secondary N) is 1. The van der Waals surface area contributed by atoms with Gasteiger partial charge in [-0.2, -0.15) is 0 Å². The predicted octanol–water partition coefficient (Wildman–Crippen LogP) is 7.35. The highest BCUT2D eigenvalue weighted by Crippen LogP contribution is 2.61. The summed E-state index contributed by atoms with van der Waals surface area (Å²) in [5.41, 5.74) is 6.80. The first-order chi connectivity index (χ1) is 17.2. The molecule has 9 rings (SSSR count). The van der Waals surface area contributed by atoms with Gasteiger partial charge in [-0.1, -0.05) is 66.7 Å². The minimum Gasteiger partial charge on any atom is -0.354 e. The normalized spacial score (nSPS) is 30.9. The Morgan fingerprint density at radius 3 is 2.11 bits per heavy atom. The maximum atomic E-state index is 14.3. The molecule has 4 fully saturated rings. The van der Waals surface area contributed by atoms with Gasteiger partial charge in [-0.05, 0) is 79.5 Å². The fraction of sp³-hybridized carbons (Fsp3) is 0.344. The van der Waals surface area contributed by atoms with E-state index in [0.717, 1.165) is 34.5 Å². The van der Waals surface area contributed by atoms with Gasteiger partial charge in [0.25, 0.3) is 5.91 Å². The quantitative estimate of drug-likeness (QED) is 0.342. The largest absolute Gasteiger partial charge is 0.354 e. The number of hydrogen-bond donors (Lipinski definition) is 1. The van der Waals surface area contributed by atoms with Crippen molar-refractivity contribution in [3.63, 3.8) is 0 Å². The highest BCUT2D eigenvalue weighted by Gasteiger charge is 2.58. The van der Waals surface area contributed by atoms with E-state index < -0.39 is 0 Å². The van der Waals surface area contributed by atoms with E-state index in [-0.39, 0.29) is 17.5 Å². The number of benzene rings is 3. The molecular formula is C32H30N2O. The van der Waals surface area contributed by atoms with E-state index in [0.29, 0.717) is 0 Å². The highest BCUT2D eigenvalue weighted by molar-refractivity contribution is 6.02. The Bertz CT molecular complexity index is 1430. The topological polar surface area (TPSA) is 36.1 Å². The molecule has 1 amide bonds. The number of para-hydroxylation sites is 1. The van der Waals surface area contributed by atoms with E-state index >= 15 is 0 Å². The molecule has 4 saturated carbocycles. The Kier molecular flexibility index (Phi) is 4.04. The molecule has 1 aromatic heterocycles. The average molecular weight is 459 g/mol. The Morgan fingerprint density at radius 1 is 0.743 bits per heavy atom. The molecule has 5 aliphatic rings. The zero-order valence-electron chi connectivity index (χ0n) is 19.9. The fourth-order valence-electron chi connectivity index (χ4n) is 8.73. The second-order valence-corrected chi connectivity index (χ2v) is 11.6. The number of amides is 1. The van der Waals surface area contributed by atoms with E-state index in [2.05, 4.69) is 82.7 Å². The van der Waals surface area contributed by atoms with Gasteiger partial charge in [0.1, 0.15) is 0 Å². The van der Waals surface area contributed by atoms with Crippen LogP contribution in [0, 0.1) is 17.8 Å². The predicted molar refractivity (Wildman–Crippen MR) is 139 cm³/mol. The van der Waals surface area contributed by atoms with E-state index in [4.69, 9.17) is 0 Å². The van der Waals surface area contributed by atoms with Crippen LogP contribution in [0.5, 0.6) is 0 Å². The Hall–Kier alpha value is -3.33. The number of carbonyl (C=O) groups excluding carboxylic acids is 1. The van der Waals surface area contributed by atoms with Crippen molar-refractivity contribution in [3.05, 3.63) is 95.6 Å². The minimum absolute atomic E-state index is 0.0121. The summed E-state index contributed by atoms with van der Waals surface area (Å²) in [6.07, 6.45) is 7.67. The molecule has 0 unspecified atom stereocenters. The van der Waals surface area contributed by atoms with Crippen molar-refractivity contribution >= 4 is 16.8 Å². The van der Waals surface area contributed by atoms with Crippen LogP contribution < -0.4 is 0 Å². The van der Waals surface area contributed by atoms with Gasteiger partial charge in [-0.25, -0.2) is 0 Å². The molecule has 1 atom stereocenters. The lowest BCUT2D eigenvalue weighted by atomic mass is 9.52. The monoisotopic (exact) mass is 458 g/mol. The van der Waals surface area contributed by atoms with Gasteiger partial charge in [0.05, 0.1) is 11.7 Å². The highest BCUT2D eigenvalue weighted by atomic mass is 16.2. The first-order valence-corrected chi connectivity index (χ1v) is 13.3. The molecular weight excluding hydrogens is 428 g/mol. The molecule has 3 aromatic carbocycles. The van der Waals surface area contributed by atoms with Gasteiger partial charge in [0.15, 0.2) is 0 Å². The van der Waals surface area contributed by atoms with Gasteiger partial charge < -0.3 is 9.88 Å². The molecule has 3 heteroatoms. The summed E-state index contributed by atoms with van der Waals surface area (Å²) in [6.45, 7) is 0. The number of nitrogens with zero attached hydrogens (tertiary/aromatic N) is 1. The van der Waals surface area contributed by atoms with Crippen LogP contribution in [0.2, 0.25) is 0 Å².